The summed E-state index contributed by atoms with van der Waals surface area (Å²) in [6.07, 6.45) is 1.23. The summed E-state index contributed by atoms with van der Waals surface area (Å²) in [5.41, 5.74) is 8.67. The molecule has 0 aliphatic carbocycles. The second-order valence-corrected chi connectivity index (χ2v) is 6.94. The molecule has 1 aromatic rings. The van der Waals surface area contributed by atoms with E-state index in [4.69, 9.17) is 5.73 Å². The summed E-state index contributed by atoms with van der Waals surface area (Å²) in [5.74, 6) is 0. The molecule has 21 heavy (non-hydrogen) atoms. The number of benzene rings is 1. The molecule has 0 aromatic heterocycles. The lowest BCUT2D eigenvalue weighted by Crippen LogP contribution is -2.51. The third-order valence-electron chi connectivity index (χ3n) is 4.81. The molecule has 2 unspecified atom stereocenters. The van der Waals surface area contributed by atoms with Gasteiger partial charge in [0.15, 0.2) is 0 Å². The Morgan fingerprint density at radius 1 is 1.19 bits per heavy atom. The molecule has 2 atom stereocenters. The van der Waals surface area contributed by atoms with E-state index in [2.05, 4.69) is 64.7 Å². The van der Waals surface area contributed by atoms with Crippen molar-refractivity contribution < 1.29 is 0 Å². The van der Waals surface area contributed by atoms with E-state index >= 15 is 0 Å². The minimum Gasteiger partial charge on any atom is -0.329 e. The number of piperazine rings is 1. The van der Waals surface area contributed by atoms with E-state index < -0.39 is 0 Å². The SMILES string of the molecule is CCC(C)N1CCN(C(CN)c2ccc(C)c(Br)c2)CC1. The molecule has 0 radical (unpaired) electrons. The van der Waals surface area contributed by atoms with Crippen LogP contribution in [0.1, 0.15) is 37.4 Å². The van der Waals surface area contributed by atoms with Crippen molar-refractivity contribution in [2.75, 3.05) is 32.7 Å². The van der Waals surface area contributed by atoms with E-state index in [9.17, 15) is 0 Å². The molecule has 4 heteroatoms. The Hall–Kier alpha value is -0.420. The summed E-state index contributed by atoms with van der Waals surface area (Å²) < 4.78 is 1.18. The third-order valence-corrected chi connectivity index (χ3v) is 5.66. The molecule has 0 saturated carbocycles. The lowest BCUT2D eigenvalue weighted by molar-refractivity contribution is 0.0743. The predicted molar refractivity (Wildman–Crippen MR) is 93.6 cm³/mol. The van der Waals surface area contributed by atoms with Crippen molar-refractivity contribution in [1.29, 1.82) is 0 Å². The normalized spacial score (nSPS) is 20.4. The molecule has 1 aliphatic rings. The Morgan fingerprint density at radius 2 is 1.81 bits per heavy atom. The van der Waals surface area contributed by atoms with Crippen molar-refractivity contribution in [3.8, 4) is 0 Å². The summed E-state index contributed by atoms with van der Waals surface area (Å²) in [5, 5.41) is 0. The van der Waals surface area contributed by atoms with Crippen molar-refractivity contribution in [1.82, 2.24) is 9.80 Å². The number of nitrogens with zero attached hydrogens (tertiary/aromatic N) is 2. The van der Waals surface area contributed by atoms with Crippen LogP contribution in [0.25, 0.3) is 0 Å². The van der Waals surface area contributed by atoms with Crippen molar-refractivity contribution in [2.24, 2.45) is 5.73 Å². The van der Waals surface area contributed by atoms with Gasteiger partial charge in [0, 0.05) is 49.3 Å². The Balaban J connectivity index is 2.04. The predicted octanol–water partition coefficient (Wildman–Crippen LogP) is 3.17. The first-order valence-corrected chi connectivity index (χ1v) is 8.80. The van der Waals surface area contributed by atoms with Crippen LogP contribution in [-0.4, -0.2) is 48.6 Å². The first-order chi connectivity index (χ1) is 10.1. The Kier molecular flexibility index (Phi) is 6.23. The van der Waals surface area contributed by atoms with Crippen LogP contribution in [0.2, 0.25) is 0 Å². The molecule has 0 spiro atoms. The number of hydrogen-bond acceptors (Lipinski definition) is 3. The van der Waals surface area contributed by atoms with Gasteiger partial charge < -0.3 is 5.73 Å². The average molecular weight is 354 g/mol. The number of hydrogen-bond donors (Lipinski definition) is 1. The molecule has 0 bridgehead atoms. The number of rotatable bonds is 5. The number of aryl methyl sites for hydroxylation is 1. The lowest BCUT2D eigenvalue weighted by atomic mass is 10.0. The zero-order valence-electron chi connectivity index (χ0n) is 13.5. The van der Waals surface area contributed by atoms with Gasteiger partial charge in [-0.05, 0) is 37.5 Å². The van der Waals surface area contributed by atoms with Gasteiger partial charge in [0.25, 0.3) is 0 Å². The van der Waals surface area contributed by atoms with Crippen LogP contribution in [0.15, 0.2) is 22.7 Å². The van der Waals surface area contributed by atoms with Gasteiger partial charge in [-0.15, -0.1) is 0 Å². The van der Waals surface area contributed by atoms with E-state index in [1.165, 1.54) is 22.0 Å². The molecule has 1 aromatic carbocycles. The smallest absolute Gasteiger partial charge is 0.0471 e. The van der Waals surface area contributed by atoms with Gasteiger partial charge in [-0.25, -0.2) is 0 Å². The van der Waals surface area contributed by atoms with Crippen LogP contribution in [0.5, 0.6) is 0 Å². The van der Waals surface area contributed by atoms with Crippen LogP contribution in [0, 0.1) is 6.92 Å². The Labute approximate surface area is 137 Å². The zero-order chi connectivity index (χ0) is 15.4. The highest BCUT2D eigenvalue weighted by atomic mass is 79.9. The van der Waals surface area contributed by atoms with Crippen LogP contribution in [-0.2, 0) is 0 Å². The maximum absolute atomic E-state index is 6.07. The molecule has 1 aliphatic heterocycles. The summed E-state index contributed by atoms with van der Waals surface area (Å²) >= 11 is 3.64. The number of nitrogens with two attached hydrogens (primary N) is 1. The maximum Gasteiger partial charge on any atom is 0.0471 e. The van der Waals surface area contributed by atoms with Crippen molar-refractivity contribution >= 4 is 15.9 Å². The molecule has 1 fully saturated rings. The molecule has 1 heterocycles. The van der Waals surface area contributed by atoms with Gasteiger partial charge in [0.1, 0.15) is 0 Å². The second kappa shape index (κ2) is 7.73. The molecule has 0 amide bonds. The van der Waals surface area contributed by atoms with Gasteiger partial charge in [-0.3, -0.25) is 9.80 Å². The van der Waals surface area contributed by atoms with Crippen LogP contribution >= 0.6 is 15.9 Å². The fourth-order valence-corrected chi connectivity index (χ4v) is 3.46. The monoisotopic (exact) mass is 353 g/mol. The summed E-state index contributed by atoms with van der Waals surface area (Å²) in [6, 6.07) is 7.65. The molecule has 2 N–H and O–H groups in total. The molecular weight excluding hydrogens is 326 g/mol. The van der Waals surface area contributed by atoms with Crippen molar-refractivity contribution in [3.63, 3.8) is 0 Å². The zero-order valence-corrected chi connectivity index (χ0v) is 15.1. The fraction of sp³-hybridized carbons (Fsp3) is 0.647. The molecule has 3 nitrogen and oxygen atoms in total. The van der Waals surface area contributed by atoms with Crippen LogP contribution in [0.3, 0.4) is 0 Å². The van der Waals surface area contributed by atoms with Gasteiger partial charge in [-0.2, -0.15) is 0 Å². The summed E-state index contributed by atoms with van der Waals surface area (Å²) in [7, 11) is 0. The topological polar surface area (TPSA) is 32.5 Å². The van der Waals surface area contributed by atoms with Gasteiger partial charge in [0.2, 0.25) is 0 Å². The van der Waals surface area contributed by atoms with E-state index in [0.29, 0.717) is 18.6 Å². The third kappa shape index (κ3) is 4.07. The highest BCUT2D eigenvalue weighted by molar-refractivity contribution is 9.10. The van der Waals surface area contributed by atoms with Gasteiger partial charge in [0.05, 0.1) is 0 Å². The van der Waals surface area contributed by atoms with Crippen molar-refractivity contribution in [3.05, 3.63) is 33.8 Å². The Bertz CT molecular complexity index is 455. The quantitative estimate of drug-likeness (QED) is 0.882. The minimum atomic E-state index is 0.334. The van der Waals surface area contributed by atoms with Gasteiger partial charge >= 0.3 is 0 Å². The molecule has 118 valence electrons. The molecule has 2 rings (SSSR count). The first-order valence-electron chi connectivity index (χ1n) is 8.01. The summed E-state index contributed by atoms with van der Waals surface area (Å²) in [4.78, 5) is 5.13. The lowest BCUT2D eigenvalue weighted by Gasteiger charge is -2.41. The van der Waals surface area contributed by atoms with E-state index in [0.717, 1.165) is 26.2 Å². The van der Waals surface area contributed by atoms with Crippen LogP contribution < -0.4 is 5.73 Å². The van der Waals surface area contributed by atoms with Gasteiger partial charge in [-0.1, -0.05) is 35.0 Å². The highest BCUT2D eigenvalue weighted by Crippen LogP contribution is 2.26. The van der Waals surface area contributed by atoms with Crippen LogP contribution in [0.4, 0.5) is 0 Å². The average Bonchev–Trinajstić information content (AvgIpc) is 2.51. The highest BCUT2D eigenvalue weighted by Gasteiger charge is 2.25. The van der Waals surface area contributed by atoms with E-state index in [-0.39, 0.29) is 0 Å². The first kappa shape index (κ1) is 16.9. The minimum absolute atomic E-state index is 0.334. The standard InChI is InChI=1S/C17H28BrN3/c1-4-14(3)20-7-9-21(10-8-20)17(12-19)15-6-5-13(2)16(18)11-15/h5-6,11,14,17H,4,7-10,12,19H2,1-3H3. The number of halogens is 1. The second-order valence-electron chi connectivity index (χ2n) is 6.09. The molecule has 1 saturated heterocycles. The van der Waals surface area contributed by atoms with Crippen molar-refractivity contribution in [2.45, 2.75) is 39.3 Å². The maximum atomic E-state index is 6.07. The largest absolute Gasteiger partial charge is 0.329 e. The van der Waals surface area contributed by atoms with E-state index in [1.807, 2.05) is 0 Å². The van der Waals surface area contributed by atoms with E-state index in [1.54, 1.807) is 0 Å². The summed E-state index contributed by atoms with van der Waals surface area (Å²) in [6.45, 7) is 11.9. The Morgan fingerprint density at radius 3 is 2.33 bits per heavy atom. The molecular formula is C17H28BrN3. The fourth-order valence-electron chi connectivity index (χ4n) is 3.06.